The molecule has 0 aliphatic rings. The smallest absolute Gasteiger partial charge is 0.305 e. The molecule has 0 spiro atoms. The molecule has 25 heavy (non-hydrogen) atoms. The van der Waals surface area contributed by atoms with Gasteiger partial charge in [-0.05, 0) is 22.8 Å². The first-order chi connectivity index (χ1) is 12.0. The molecule has 2 rings (SSSR count). The number of allylic oxidation sites excluding steroid dienone is 2. The topological polar surface area (TPSA) is 77.8 Å². The quantitative estimate of drug-likeness (QED) is 0.509. The number of benzene rings is 2. The van der Waals surface area contributed by atoms with Crippen molar-refractivity contribution in [1.29, 1.82) is 0 Å². The van der Waals surface area contributed by atoms with E-state index in [4.69, 9.17) is 5.11 Å². The van der Waals surface area contributed by atoms with Crippen molar-refractivity contribution < 1.29 is 20.1 Å². The summed E-state index contributed by atoms with van der Waals surface area (Å²) in [7, 11) is 0. The third kappa shape index (κ3) is 6.75. The number of hydrogen-bond acceptors (Lipinski definition) is 3. The molecule has 4 heteroatoms. The minimum atomic E-state index is -1.09. The van der Waals surface area contributed by atoms with Crippen molar-refractivity contribution in [2.24, 2.45) is 0 Å². The number of carbonyl (C=O) groups is 1. The number of aliphatic hydroxyl groups excluding tert-OH is 2. The monoisotopic (exact) mass is 338 g/mol. The molecule has 0 saturated carbocycles. The Bertz CT molecular complexity index is 720. The number of carboxylic acids is 1. The van der Waals surface area contributed by atoms with Crippen molar-refractivity contribution >= 4 is 17.6 Å². The highest BCUT2D eigenvalue weighted by molar-refractivity contribution is 5.87. The first-order valence-corrected chi connectivity index (χ1v) is 8.13. The van der Waals surface area contributed by atoms with Gasteiger partial charge in [-0.3, -0.25) is 4.79 Å². The van der Waals surface area contributed by atoms with E-state index in [1.165, 1.54) is 0 Å². The van der Waals surface area contributed by atoms with Crippen LogP contribution in [-0.4, -0.2) is 33.5 Å². The lowest BCUT2D eigenvalue weighted by Crippen LogP contribution is -2.19. The van der Waals surface area contributed by atoms with Crippen molar-refractivity contribution in [3.8, 4) is 0 Å². The van der Waals surface area contributed by atoms with Gasteiger partial charge in [-0.25, -0.2) is 0 Å². The van der Waals surface area contributed by atoms with E-state index in [2.05, 4.69) is 0 Å². The van der Waals surface area contributed by atoms with Crippen LogP contribution in [0, 0.1) is 0 Å². The molecular formula is C21H22O4. The van der Waals surface area contributed by atoms with E-state index in [9.17, 15) is 15.0 Å². The van der Waals surface area contributed by atoms with Crippen LogP contribution in [0.4, 0.5) is 0 Å². The van der Waals surface area contributed by atoms with Crippen LogP contribution in [0.2, 0.25) is 0 Å². The number of carboxylic acid groups (broad SMARTS) is 1. The van der Waals surface area contributed by atoms with Crippen molar-refractivity contribution in [2.75, 3.05) is 0 Å². The fourth-order valence-corrected chi connectivity index (χ4v) is 2.44. The van der Waals surface area contributed by atoms with Crippen LogP contribution in [-0.2, 0) is 4.79 Å². The third-order valence-electron chi connectivity index (χ3n) is 3.65. The average molecular weight is 338 g/mol. The molecule has 0 unspecified atom stereocenters. The molecule has 0 saturated heterocycles. The average Bonchev–Trinajstić information content (AvgIpc) is 2.59. The van der Waals surface area contributed by atoms with Gasteiger partial charge in [0.1, 0.15) is 0 Å². The molecular weight excluding hydrogens is 316 g/mol. The Morgan fingerprint density at radius 2 is 1.56 bits per heavy atom. The second kappa shape index (κ2) is 9.57. The van der Waals surface area contributed by atoms with E-state index in [1.807, 2.05) is 66.7 Å². The summed E-state index contributed by atoms with van der Waals surface area (Å²) in [5.74, 6) is -1.09. The van der Waals surface area contributed by atoms with Gasteiger partial charge in [0.2, 0.25) is 0 Å². The molecule has 0 heterocycles. The molecule has 0 amide bonds. The number of aliphatic carboxylic acids is 1. The molecule has 0 bridgehead atoms. The molecule has 0 aliphatic carbocycles. The summed E-state index contributed by atoms with van der Waals surface area (Å²) in [6.07, 6.45) is 2.99. The summed E-state index contributed by atoms with van der Waals surface area (Å²) in [5, 5.41) is 28.3. The normalized spacial score (nSPS) is 14.4. The SMILES string of the molecule is O=C(O)C[C@H](O)C[C@H](O)/C=C/C(=C\c1ccccc1)c1ccccc1. The van der Waals surface area contributed by atoms with Crippen LogP contribution in [0.15, 0.2) is 72.8 Å². The Hall–Kier alpha value is -2.69. The fourth-order valence-electron chi connectivity index (χ4n) is 2.44. The van der Waals surface area contributed by atoms with Gasteiger partial charge < -0.3 is 15.3 Å². The molecule has 0 aromatic heterocycles. The third-order valence-corrected chi connectivity index (χ3v) is 3.65. The number of hydrogen-bond donors (Lipinski definition) is 3. The van der Waals surface area contributed by atoms with E-state index < -0.39 is 18.2 Å². The predicted octanol–water partition coefficient (Wildman–Crippen LogP) is 3.37. The highest BCUT2D eigenvalue weighted by Gasteiger charge is 2.13. The van der Waals surface area contributed by atoms with E-state index in [-0.39, 0.29) is 12.8 Å². The van der Waals surface area contributed by atoms with Crippen LogP contribution >= 0.6 is 0 Å². The maximum atomic E-state index is 10.6. The minimum Gasteiger partial charge on any atom is -0.481 e. The highest BCUT2D eigenvalue weighted by Crippen LogP contribution is 2.20. The van der Waals surface area contributed by atoms with Gasteiger partial charge in [0.15, 0.2) is 0 Å². The summed E-state index contributed by atoms with van der Waals surface area (Å²) in [4.78, 5) is 10.6. The lowest BCUT2D eigenvalue weighted by Gasteiger charge is -2.11. The van der Waals surface area contributed by atoms with Gasteiger partial charge in [-0.2, -0.15) is 0 Å². The van der Waals surface area contributed by atoms with Gasteiger partial charge in [0, 0.05) is 6.42 Å². The van der Waals surface area contributed by atoms with Crippen molar-refractivity contribution in [2.45, 2.75) is 25.0 Å². The van der Waals surface area contributed by atoms with Crippen LogP contribution in [0.5, 0.6) is 0 Å². The molecule has 0 radical (unpaired) electrons. The van der Waals surface area contributed by atoms with E-state index in [0.29, 0.717) is 0 Å². The summed E-state index contributed by atoms with van der Waals surface area (Å²) in [6, 6.07) is 19.6. The number of aliphatic hydroxyl groups is 2. The van der Waals surface area contributed by atoms with Gasteiger partial charge in [-0.15, -0.1) is 0 Å². The van der Waals surface area contributed by atoms with Gasteiger partial charge >= 0.3 is 5.97 Å². The first-order valence-electron chi connectivity index (χ1n) is 8.13. The fraction of sp³-hybridized carbons (Fsp3) is 0.190. The van der Waals surface area contributed by atoms with E-state index in [0.717, 1.165) is 16.7 Å². The van der Waals surface area contributed by atoms with Crippen molar-refractivity contribution in [3.05, 3.63) is 83.9 Å². The van der Waals surface area contributed by atoms with Gasteiger partial charge in [0.05, 0.1) is 18.6 Å². The minimum absolute atomic E-state index is 0.0177. The van der Waals surface area contributed by atoms with Crippen molar-refractivity contribution in [1.82, 2.24) is 0 Å². The molecule has 2 aromatic rings. The van der Waals surface area contributed by atoms with Crippen LogP contribution < -0.4 is 0 Å². The van der Waals surface area contributed by atoms with E-state index >= 15 is 0 Å². The molecule has 4 nitrogen and oxygen atoms in total. The zero-order valence-electron chi connectivity index (χ0n) is 13.8. The standard InChI is InChI=1S/C21H22O4/c22-19(14-20(23)15-21(24)25)12-11-18(17-9-5-2-6-10-17)13-16-7-3-1-4-8-16/h1-13,19-20,22-23H,14-15H2,(H,24,25)/b12-11+,18-13+/t19-,20-/m1/s1. The zero-order chi connectivity index (χ0) is 18.1. The largest absolute Gasteiger partial charge is 0.481 e. The van der Waals surface area contributed by atoms with Crippen LogP contribution in [0.25, 0.3) is 11.6 Å². The van der Waals surface area contributed by atoms with Crippen LogP contribution in [0.1, 0.15) is 24.0 Å². The Balaban J connectivity index is 2.16. The summed E-state index contributed by atoms with van der Waals surface area (Å²) in [5.41, 5.74) is 2.95. The second-order valence-corrected chi connectivity index (χ2v) is 5.79. The lowest BCUT2D eigenvalue weighted by molar-refractivity contribution is -0.139. The summed E-state index contributed by atoms with van der Waals surface area (Å²) >= 11 is 0. The Morgan fingerprint density at radius 1 is 0.960 bits per heavy atom. The summed E-state index contributed by atoms with van der Waals surface area (Å²) in [6.45, 7) is 0. The van der Waals surface area contributed by atoms with Crippen molar-refractivity contribution in [3.63, 3.8) is 0 Å². The van der Waals surface area contributed by atoms with Crippen LogP contribution in [0.3, 0.4) is 0 Å². The molecule has 3 N–H and O–H groups in total. The zero-order valence-corrected chi connectivity index (χ0v) is 13.8. The van der Waals surface area contributed by atoms with E-state index in [1.54, 1.807) is 12.2 Å². The molecule has 130 valence electrons. The van der Waals surface area contributed by atoms with Gasteiger partial charge in [-0.1, -0.05) is 72.8 Å². The van der Waals surface area contributed by atoms with Gasteiger partial charge in [0.25, 0.3) is 0 Å². The molecule has 0 aliphatic heterocycles. The number of rotatable bonds is 8. The second-order valence-electron chi connectivity index (χ2n) is 5.79. The Morgan fingerprint density at radius 3 is 2.16 bits per heavy atom. The first kappa shape index (κ1) is 18.6. The predicted molar refractivity (Wildman–Crippen MR) is 98.8 cm³/mol. The Labute approximate surface area is 147 Å². The molecule has 2 aromatic carbocycles. The maximum absolute atomic E-state index is 10.6. The molecule has 2 atom stereocenters. The molecule has 0 fully saturated rings. The lowest BCUT2D eigenvalue weighted by atomic mass is 10.0. The Kier molecular flexibility index (Phi) is 7.14. The highest BCUT2D eigenvalue weighted by atomic mass is 16.4. The summed E-state index contributed by atoms with van der Waals surface area (Å²) < 4.78 is 0. The maximum Gasteiger partial charge on any atom is 0.305 e.